The Morgan fingerprint density at radius 3 is 2.48 bits per heavy atom. The second-order valence-corrected chi connectivity index (χ2v) is 5.73. The van der Waals surface area contributed by atoms with E-state index < -0.39 is 0 Å². The number of nitrogens with zero attached hydrogens (tertiary/aromatic N) is 2. The van der Waals surface area contributed by atoms with Crippen molar-refractivity contribution in [1.82, 2.24) is 15.1 Å². The molecule has 4 nitrogen and oxygen atoms in total. The van der Waals surface area contributed by atoms with Crippen LogP contribution >= 0.6 is 0 Å². The summed E-state index contributed by atoms with van der Waals surface area (Å²) in [6.45, 7) is 11.3. The molecule has 0 bridgehead atoms. The Balaban J connectivity index is 1.65. The smallest absolute Gasteiger partial charge is 0.221 e. The summed E-state index contributed by atoms with van der Waals surface area (Å²) in [6, 6.07) is 8.19. The number of hydrogen-bond donors (Lipinski definition) is 1. The Morgan fingerprint density at radius 2 is 1.81 bits per heavy atom. The van der Waals surface area contributed by atoms with E-state index >= 15 is 0 Å². The zero-order valence-corrected chi connectivity index (χ0v) is 13.3. The molecule has 1 aliphatic rings. The van der Waals surface area contributed by atoms with Gasteiger partial charge in [0.2, 0.25) is 5.91 Å². The van der Waals surface area contributed by atoms with Gasteiger partial charge in [0.15, 0.2) is 0 Å². The molecule has 2 rings (SSSR count). The number of carbonyl (C=O) groups excluding carboxylic acids is 1. The standard InChI is InChI=1S/C17H27N3O/c1-3-19-10-12-20(13-11-19)9-8-17(21)18-14-16-7-5-4-6-15(16)2/h4-7H,3,8-14H2,1-2H3,(H,18,21). The molecule has 1 N–H and O–H groups in total. The molecule has 4 heteroatoms. The van der Waals surface area contributed by atoms with E-state index in [-0.39, 0.29) is 5.91 Å². The van der Waals surface area contributed by atoms with Crippen LogP contribution in [0.4, 0.5) is 0 Å². The van der Waals surface area contributed by atoms with E-state index in [0.29, 0.717) is 13.0 Å². The lowest BCUT2D eigenvalue weighted by Crippen LogP contribution is -2.46. The summed E-state index contributed by atoms with van der Waals surface area (Å²) in [6.07, 6.45) is 0.595. The topological polar surface area (TPSA) is 35.6 Å². The molecule has 0 spiro atoms. The van der Waals surface area contributed by atoms with Crippen molar-refractivity contribution in [3.8, 4) is 0 Å². The first-order valence-corrected chi connectivity index (χ1v) is 7.95. The molecule has 21 heavy (non-hydrogen) atoms. The summed E-state index contributed by atoms with van der Waals surface area (Å²) < 4.78 is 0. The molecule has 1 aliphatic heterocycles. The van der Waals surface area contributed by atoms with Gasteiger partial charge in [0.1, 0.15) is 0 Å². The fraction of sp³-hybridized carbons (Fsp3) is 0.588. The van der Waals surface area contributed by atoms with Gasteiger partial charge in [0, 0.05) is 45.7 Å². The van der Waals surface area contributed by atoms with Crippen LogP contribution in [-0.4, -0.2) is 55.0 Å². The summed E-state index contributed by atoms with van der Waals surface area (Å²) in [7, 11) is 0. The molecule has 0 aliphatic carbocycles. The number of amides is 1. The third-order valence-corrected chi connectivity index (χ3v) is 4.30. The van der Waals surface area contributed by atoms with Crippen LogP contribution in [0.1, 0.15) is 24.5 Å². The minimum Gasteiger partial charge on any atom is -0.352 e. The van der Waals surface area contributed by atoms with E-state index in [9.17, 15) is 4.79 Å². The summed E-state index contributed by atoms with van der Waals surface area (Å²) in [4.78, 5) is 16.8. The summed E-state index contributed by atoms with van der Waals surface area (Å²) in [5.41, 5.74) is 2.43. The van der Waals surface area contributed by atoms with Crippen molar-refractivity contribution in [3.05, 3.63) is 35.4 Å². The highest BCUT2D eigenvalue weighted by atomic mass is 16.1. The summed E-state index contributed by atoms with van der Waals surface area (Å²) >= 11 is 0. The van der Waals surface area contributed by atoms with Crippen molar-refractivity contribution in [2.24, 2.45) is 0 Å². The summed E-state index contributed by atoms with van der Waals surface area (Å²) in [5, 5.41) is 3.02. The van der Waals surface area contributed by atoms with Gasteiger partial charge < -0.3 is 15.1 Å². The zero-order valence-electron chi connectivity index (χ0n) is 13.3. The average molecular weight is 289 g/mol. The first kappa shape index (κ1) is 16.0. The van der Waals surface area contributed by atoms with Gasteiger partial charge in [-0.05, 0) is 24.6 Å². The zero-order chi connectivity index (χ0) is 15.1. The third-order valence-electron chi connectivity index (χ3n) is 4.30. The molecule has 1 heterocycles. The molecule has 0 radical (unpaired) electrons. The number of carbonyl (C=O) groups is 1. The highest BCUT2D eigenvalue weighted by Crippen LogP contribution is 2.06. The second-order valence-electron chi connectivity index (χ2n) is 5.73. The number of nitrogens with one attached hydrogen (secondary N) is 1. The molecule has 116 valence electrons. The van der Waals surface area contributed by atoms with Gasteiger partial charge in [0.25, 0.3) is 0 Å². The van der Waals surface area contributed by atoms with Crippen LogP contribution in [0.15, 0.2) is 24.3 Å². The van der Waals surface area contributed by atoms with Crippen molar-refractivity contribution >= 4 is 5.91 Å². The minimum atomic E-state index is 0.149. The Kier molecular flexibility index (Phi) is 6.21. The number of rotatable bonds is 6. The maximum atomic E-state index is 11.9. The molecule has 1 amide bonds. The molecular formula is C17H27N3O. The molecule has 0 aromatic heterocycles. The monoisotopic (exact) mass is 289 g/mol. The average Bonchev–Trinajstić information content (AvgIpc) is 2.52. The molecule has 0 unspecified atom stereocenters. The maximum Gasteiger partial charge on any atom is 0.221 e. The molecule has 0 atom stereocenters. The number of piperazine rings is 1. The predicted molar refractivity (Wildman–Crippen MR) is 86.2 cm³/mol. The Labute approximate surface area is 128 Å². The van der Waals surface area contributed by atoms with Gasteiger partial charge in [-0.15, -0.1) is 0 Å². The van der Waals surface area contributed by atoms with Crippen LogP contribution in [0.25, 0.3) is 0 Å². The van der Waals surface area contributed by atoms with Gasteiger partial charge in [-0.2, -0.15) is 0 Å². The number of benzene rings is 1. The molecule has 1 aromatic carbocycles. The van der Waals surface area contributed by atoms with Gasteiger partial charge >= 0.3 is 0 Å². The Hall–Kier alpha value is -1.39. The van der Waals surface area contributed by atoms with Crippen LogP contribution in [0.5, 0.6) is 0 Å². The molecular weight excluding hydrogens is 262 g/mol. The summed E-state index contributed by atoms with van der Waals surface area (Å²) in [5.74, 6) is 0.149. The van der Waals surface area contributed by atoms with Crippen LogP contribution in [0, 0.1) is 6.92 Å². The number of likely N-dealkylation sites (N-methyl/N-ethyl adjacent to an activating group) is 1. The van der Waals surface area contributed by atoms with E-state index in [1.165, 1.54) is 11.1 Å². The van der Waals surface area contributed by atoms with Crippen molar-refractivity contribution in [2.45, 2.75) is 26.8 Å². The van der Waals surface area contributed by atoms with Crippen LogP contribution in [-0.2, 0) is 11.3 Å². The van der Waals surface area contributed by atoms with E-state index in [1.54, 1.807) is 0 Å². The second kappa shape index (κ2) is 8.15. The lowest BCUT2D eigenvalue weighted by atomic mass is 10.1. The largest absolute Gasteiger partial charge is 0.352 e. The van der Waals surface area contributed by atoms with E-state index in [0.717, 1.165) is 39.3 Å². The molecule has 1 fully saturated rings. The van der Waals surface area contributed by atoms with Crippen molar-refractivity contribution < 1.29 is 4.79 Å². The highest BCUT2D eigenvalue weighted by molar-refractivity contribution is 5.76. The lowest BCUT2D eigenvalue weighted by Gasteiger charge is -2.33. The molecule has 1 saturated heterocycles. The van der Waals surface area contributed by atoms with E-state index in [2.05, 4.69) is 41.1 Å². The van der Waals surface area contributed by atoms with Crippen LogP contribution < -0.4 is 5.32 Å². The number of hydrogen-bond acceptors (Lipinski definition) is 3. The van der Waals surface area contributed by atoms with Crippen LogP contribution in [0.3, 0.4) is 0 Å². The highest BCUT2D eigenvalue weighted by Gasteiger charge is 2.15. The van der Waals surface area contributed by atoms with Crippen molar-refractivity contribution in [2.75, 3.05) is 39.3 Å². The van der Waals surface area contributed by atoms with Gasteiger partial charge in [-0.25, -0.2) is 0 Å². The maximum absolute atomic E-state index is 11.9. The molecule has 0 saturated carbocycles. The minimum absolute atomic E-state index is 0.149. The van der Waals surface area contributed by atoms with Crippen LogP contribution in [0.2, 0.25) is 0 Å². The van der Waals surface area contributed by atoms with Gasteiger partial charge in [-0.3, -0.25) is 4.79 Å². The fourth-order valence-electron chi connectivity index (χ4n) is 2.68. The fourth-order valence-corrected chi connectivity index (χ4v) is 2.68. The Morgan fingerprint density at radius 1 is 1.14 bits per heavy atom. The van der Waals surface area contributed by atoms with Crippen molar-refractivity contribution in [3.63, 3.8) is 0 Å². The van der Waals surface area contributed by atoms with E-state index in [1.807, 2.05) is 12.1 Å². The van der Waals surface area contributed by atoms with E-state index in [4.69, 9.17) is 0 Å². The molecule has 1 aromatic rings. The normalized spacial score (nSPS) is 16.9. The SMILES string of the molecule is CCN1CCN(CCC(=O)NCc2ccccc2C)CC1. The van der Waals surface area contributed by atoms with Gasteiger partial charge in [0.05, 0.1) is 0 Å². The first-order chi connectivity index (χ1) is 10.2. The first-order valence-electron chi connectivity index (χ1n) is 7.95. The lowest BCUT2D eigenvalue weighted by molar-refractivity contribution is -0.121. The Bertz CT molecular complexity index is 453. The predicted octanol–water partition coefficient (Wildman–Crippen LogP) is 1.64. The quantitative estimate of drug-likeness (QED) is 0.865. The van der Waals surface area contributed by atoms with Gasteiger partial charge in [-0.1, -0.05) is 31.2 Å². The number of aryl methyl sites for hydroxylation is 1. The van der Waals surface area contributed by atoms with Crippen molar-refractivity contribution in [1.29, 1.82) is 0 Å². The third kappa shape index (κ3) is 5.14.